The van der Waals surface area contributed by atoms with Gasteiger partial charge in [0.2, 0.25) is 15.9 Å². The second kappa shape index (κ2) is 10.9. The fourth-order valence-electron chi connectivity index (χ4n) is 4.29. The van der Waals surface area contributed by atoms with Crippen LogP contribution < -0.4 is 19.5 Å². The van der Waals surface area contributed by atoms with Gasteiger partial charge in [0.1, 0.15) is 11.9 Å². The summed E-state index contributed by atoms with van der Waals surface area (Å²) in [5, 5.41) is 3.08. The van der Waals surface area contributed by atoms with Crippen molar-refractivity contribution in [3.63, 3.8) is 0 Å². The number of hydrogen-bond donors (Lipinski definition) is 1. The molecule has 0 saturated carbocycles. The highest BCUT2D eigenvalue weighted by Gasteiger charge is 2.32. The summed E-state index contributed by atoms with van der Waals surface area (Å²) in [5.41, 5.74) is 2.48. The van der Waals surface area contributed by atoms with Gasteiger partial charge in [-0.15, -0.1) is 13.2 Å². The Balaban J connectivity index is 1.46. The summed E-state index contributed by atoms with van der Waals surface area (Å²) >= 11 is 0. The second-order valence-corrected chi connectivity index (χ2v) is 11.4. The van der Waals surface area contributed by atoms with Crippen LogP contribution >= 0.6 is 0 Å². The molecule has 1 N–H and O–H groups in total. The number of alkyl halides is 3. The molecule has 1 aliphatic heterocycles. The van der Waals surface area contributed by atoms with Gasteiger partial charge in [0.05, 0.1) is 36.1 Å². The predicted octanol–water partition coefficient (Wildman–Crippen LogP) is 5.20. The van der Waals surface area contributed by atoms with Gasteiger partial charge in [0.15, 0.2) is 0 Å². The summed E-state index contributed by atoms with van der Waals surface area (Å²) in [6.07, 6.45) is -1.98. The van der Waals surface area contributed by atoms with E-state index in [1.165, 1.54) is 35.7 Å². The molecule has 4 aromatic rings. The number of nitrogens with one attached hydrogen (secondary N) is 1. The Labute approximate surface area is 234 Å². The number of anilines is 2. The van der Waals surface area contributed by atoms with Gasteiger partial charge in [-0.2, -0.15) is 9.29 Å². The Bertz CT molecular complexity index is 1620. The molecular weight excluding hydrogens is 563 g/mol. The molecule has 0 saturated heterocycles. The van der Waals surface area contributed by atoms with Gasteiger partial charge in [0, 0.05) is 37.1 Å². The van der Waals surface area contributed by atoms with E-state index in [0.717, 1.165) is 11.6 Å². The van der Waals surface area contributed by atoms with E-state index in [1.54, 1.807) is 43.6 Å². The van der Waals surface area contributed by atoms with Crippen molar-refractivity contribution in [3.05, 3.63) is 72.6 Å². The molecule has 0 aliphatic carbocycles. The topological polar surface area (TPSA) is 108 Å². The molecule has 5 rings (SSSR count). The molecule has 0 spiro atoms. The lowest BCUT2D eigenvalue weighted by atomic mass is 10.1. The first-order chi connectivity index (χ1) is 19.4. The van der Waals surface area contributed by atoms with E-state index in [2.05, 4.69) is 20.0 Å². The Hall–Kier alpha value is -4.30. The summed E-state index contributed by atoms with van der Waals surface area (Å²) < 4.78 is 82.4. The zero-order chi connectivity index (χ0) is 29.4. The number of rotatable bonds is 9. The first-order valence-electron chi connectivity index (χ1n) is 12.4. The number of aromatic nitrogens is 3. The number of sulfonamides is 1. The normalized spacial score (nSPS) is 15.0. The van der Waals surface area contributed by atoms with Crippen LogP contribution in [0.25, 0.3) is 11.3 Å². The number of nitrogens with zero attached hydrogens (tertiary/aromatic N) is 4. The van der Waals surface area contributed by atoms with Crippen molar-refractivity contribution in [2.24, 2.45) is 0 Å². The van der Waals surface area contributed by atoms with Crippen molar-refractivity contribution < 1.29 is 35.8 Å². The first kappa shape index (κ1) is 28.2. The molecule has 0 fully saturated rings. The molecule has 14 heteroatoms. The standard InChI is InChI=1S/C27H26F3N5O5S/c1-17-14-35-16-24(33-26(35)39-17)22-12-21(41(36,37)34(2)15-18-4-7-20(38-3)8-5-18)9-10-23(22)32-19-6-11-25(31-13-19)40-27(28,29)30/h4-13,16-17,32H,14-15H2,1-3H3. The maximum atomic E-state index is 13.6. The highest BCUT2D eigenvalue weighted by Crippen LogP contribution is 2.36. The zero-order valence-corrected chi connectivity index (χ0v) is 23.0. The van der Waals surface area contributed by atoms with Gasteiger partial charge in [-0.05, 0) is 48.9 Å². The maximum Gasteiger partial charge on any atom is 0.574 e. The summed E-state index contributed by atoms with van der Waals surface area (Å²) in [6.45, 7) is 2.62. The van der Waals surface area contributed by atoms with Crippen LogP contribution in [-0.4, -0.2) is 53.9 Å². The van der Waals surface area contributed by atoms with E-state index >= 15 is 0 Å². The molecule has 1 atom stereocenters. The van der Waals surface area contributed by atoms with E-state index in [0.29, 0.717) is 40.9 Å². The molecule has 0 radical (unpaired) electrons. The van der Waals surface area contributed by atoms with Gasteiger partial charge in [-0.25, -0.2) is 13.4 Å². The van der Waals surface area contributed by atoms with Gasteiger partial charge in [0.25, 0.3) is 6.01 Å². The van der Waals surface area contributed by atoms with Crippen LogP contribution in [0.5, 0.6) is 17.6 Å². The van der Waals surface area contributed by atoms with Gasteiger partial charge in [-0.3, -0.25) is 4.57 Å². The number of pyridine rings is 1. The highest BCUT2D eigenvalue weighted by atomic mass is 32.2. The summed E-state index contributed by atoms with van der Waals surface area (Å²) in [4.78, 5) is 8.26. The molecule has 2 aromatic heterocycles. The van der Waals surface area contributed by atoms with Crippen LogP contribution in [0.2, 0.25) is 0 Å². The molecule has 0 bridgehead atoms. The molecule has 10 nitrogen and oxygen atoms in total. The molecule has 1 aliphatic rings. The predicted molar refractivity (Wildman–Crippen MR) is 144 cm³/mol. The quantitative estimate of drug-likeness (QED) is 0.284. The van der Waals surface area contributed by atoms with Crippen molar-refractivity contribution in [1.29, 1.82) is 0 Å². The number of benzene rings is 2. The van der Waals surface area contributed by atoms with Gasteiger partial charge in [-0.1, -0.05) is 12.1 Å². The van der Waals surface area contributed by atoms with Crippen molar-refractivity contribution >= 4 is 21.4 Å². The van der Waals surface area contributed by atoms with Gasteiger partial charge < -0.3 is 19.5 Å². The lowest BCUT2D eigenvalue weighted by Crippen LogP contribution is -2.26. The molecule has 41 heavy (non-hydrogen) atoms. The first-order valence-corrected chi connectivity index (χ1v) is 13.8. The van der Waals surface area contributed by atoms with Crippen LogP contribution in [0, 0.1) is 0 Å². The Morgan fingerprint density at radius 3 is 2.54 bits per heavy atom. The minimum absolute atomic E-state index is 0.0311. The van der Waals surface area contributed by atoms with Crippen LogP contribution in [0.4, 0.5) is 24.5 Å². The second-order valence-electron chi connectivity index (χ2n) is 9.36. The third-order valence-corrected chi connectivity index (χ3v) is 8.07. The molecule has 2 aromatic carbocycles. The fourth-order valence-corrected chi connectivity index (χ4v) is 5.48. The van der Waals surface area contributed by atoms with Crippen LogP contribution in [0.15, 0.2) is 71.9 Å². The Kier molecular flexibility index (Phi) is 7.53. The Morgan fingerprint density at radius 1 is 1.15 bits per heavy atom. The van der Waals surface area contributed by atoms with E-state index in [1.807, 2.05) is 11.5 Å². The maximum absolute atomic E-state index is 13.6. The molecule has 0 amide bonds. The van der Waals surface area contributed by atoms with Crippen LogP contribution in [-0.2, 0) is 23.1 Å². The molecular formula is C27H26F3N5O5S. The Morgan fingerprint density at radius 2 is 1.90 bits per heavy atom. The third kappa shape index (κ3) is 6.38. The monoisotopic (exact) mass is 589 g/mol. The summed E-state index contributed by atoms with van der Waals surface area (Å²) in [6, 6.07) is 14.4. The largest absolute Gasteiger partial charge is 0.574 e. The van der Waals surface area contributed by atoms with Crippen molar-refractivity contribution in [2.45, 2.75) is 37.4 Å². The molecule has 216 valence electrons. The number of hydrogen-bond acceptors (Lipinski definition) is 8. The van der Waals surface area contributed by atoms with Crippen molar-refractivity contribution in [2.75, 3.05) is 19.5 Å². The van der Waals surface area contributed by atoms with E-state index in [-0.39, 0.29) is 17.5 Å². The average molecular weight is 590 g/mol. The summed E-state index contributed by atoms with van der Waals surface area (Å²) in [7, 11) is -0.886. The smallest absolute Gasteiger partial charge is 0.497 e. The minimum Gasteiger partial charge on any atom is -0.497 e. The van der Waals surface area contributed by atoms with Crippen molar-refractivity contribution in [1.82, 2.24) is 18.8 Å². The van der Waals surface area contributed by atoms with E-state index in [4.69, 9.17) is 9.47 Å². The molecule has 3 heterocycles. The lowest BCUT2D eigenvalue weighted by molar-refractivity contribution is -0.276. The lowest BCUT2D eigenvalue weighted by Gasteiger charge is -2.19. The van der Waals surface area contributed by atoms with E-state index < -0.39 is 22.3 Å². The van der Waals surface area contributed by atoms with Crippen LogP contribution in [0.1, 0.15) is 12.5 Å². The zero-order valence-electron chi connectivity index (χ0n) is 22.2. The van der Waals surface area contributed by atoms with Crippen LogP contribution in [0.3, 0.4) is 0 Å². The van der Waals surface area contributed by atoms with Crippen molar-refractivity contribution in [3.8, 4) is 28.9 Å². The van der Waals surface area contributed by atoms with E-state index in [9.17, 15) is 21.6 Å². The molecule has 1 unspecified atom stereocenters. The number of fused-ring (bicyclic) bond motifs is 1. The van der Waals surface area contributed by atoms with Gasteiger partial charge >= 0.3 is 6.36 Å². The number of ether oxygens (including phenoxy) is 3. The third-order valence-electron chi connectivity index (χ3n) is 6.28. The number of halogens is 3. The number of imidazole rings is 1. The SMILES string of the molecule is COc1ccc(CN(C)S(=O)(=O)c2ccc(Nc3ccc(OC(F)(F)F)nc3)c(-c3cn4c(n3)OC(C)C4)c2)cc1. The fraction of sp³-hybridized carbons (Fsp3) is 0.259. The number of methoxy groups -OCH3 is 1. The summed E-state index contributed by atoms with van der Waals surface area (Å²) in [5.74, 6) is 0.0523. The minimum atomic E-state index is -4.86. The highest BCUT2D eigenvalue weighted by molar-refractivity contribution is 7.89. The average Bonchev–Trinajstić information content (AvgIpc) is 3.47.